The third-order valence-corrected chi connectivity index (χ3v) is 0. The van der Waals surface area contributed by atoms with Crippen LogP contribution in [0.5, 0.6) is 0 Å². The molecule has 8 nitrogen and oxygen atoms in total. The fourth-order valence-electron chi connectivity index (χ4n) is 0. The summed E-state index contributed by atoms with van der Waals surface area (Å²) in [6.07, 6.45) is 0. The molecule has 0 aliphatic carbocycles. The second kappa shape index (κ2) is 6.27. The quantitative estimate of drug-likeness (QED) is 0.397. The van der Waals surface area contributed by atoms with E-state index in [1.165, 1.54) is 0 Å². The Morgan fingerprint density at radius 1 is 0.636 bits per heavy atom. The molecule has 0 atom stereocenters. The maximum absolute atomic E-state index is 8.59. The molecule has 0 aliphatic heterocycles. The monoisotopic (exact) mass is 334 g/mol. The topological polar surface area (TPSA) is 161 Å². The molecular formula is Cr2O8Ru. The molecule has 0 saturated carbocycles. The van der Waals surface area contributed by atoms with Gasteiger partial charge in [-0.15, -0.1) is 0 Å². The molecule has 11 heavy (non-hydrogen) atoms. The average molecular weight is 333 g/mol. The number of rotatable bonds is 0. The van der Waals surface area contributed by atoms with E-state index in [4.69, 9.17) is 31.8 Å². The summed E-state index contributed by atoms with van der Waals surface area (Å²) in [6, 6.07) is 0. The molecule has 0 N–H and O–H groups in total. The fraction of sp³-hybridized carbons (Fsp3) is 0. The van der Waals surface area contributed by atoms with E-state index in [0.717, 1.165) is 0 Å². The Kier molecular flexibility index (Phi) is 10.1. The first-order valence-electron chi connectivity index (χ1n) is 1.33. The summed E-state index contributed by atoms with van der Waals surface area (Å²) in [5.74, 6) is 0. The van der Waals surface area contributed by atoms with E-state index >= 15 is 0 Å². The molecular weight excluding hydrogens is 333 g/mol. The van der Waals surface area contributed by atoms with Crippen molar-refractivity contribution in [3.8, 4) is 0 Å². The molecule has 0 spiro atoms. The molecule has 0 aromatic carbocycles. The molecule has 0 aliphatic rings. The van der Waals surface area contributed by atoms with Crippen molar-refractivity contribution in [3.05, 3.63) is 0 Å². The van der Waals surface area contributed by atoms with Crippen molar-refractivity contribution in [1.29, 1.82) is 0 Å². The minimum atomic E-state index is -5.75. The van der Waals surface area contributed by atoms with Gasteiger partial charge in [-0.1, -0.05) is 0 Å². The molecule has 0 aromatic rings. The van der Waals surface area contributed by atoms with Crippen LogP contribution in [0.15, 0.2) is 0 Å². The average Bonchev–Trinajstić information content (AvgIpc) is 1.12. The van der Waals surface area contributed by atoms with Gasteiger partial charge in [0, 0.05) is 0 Å². The third kappa shape index (κ3) is 1540. The molecule has 0 fully saturated rings. The maximum Gasteiger partial charge on any atom is 4.00 e. The van der Waals surface area contributed by atoms with Crippen LogP contribution in [-0.4, -0.2) is 0 Å². The van der Waals surface area contributed by atoms with Crippen molar-refractivity contribution in [2.24, 2.45) is 0 Å². The van der Waals surface area contributed by atoms with Crippen LogP contribution in [0.1, 0.15) is 0 Å². The summed E-state index contributed by atoms with van der Waals surface area (Å²) in [6.45, 7) is 0. The van der Waals surface area contributed by atoms with Crippen molar-refractivity contribution in [2.75, 3.05) is 0 Å². The van der Waals surface area contributed by atoms with E-state index in [0.29, 0.717) is 0 Å². The second-order valence-corrected chi connectivity index (χ2v) is 3.37. The zero-order valence-electron chi connectivity index (χ0n) is 4.44. The second-order valence-electron chi connectivity index (χ2n) is 0.816. The number of hydrogen-bond donors (Lipinski definition) is 0. The van der Waals surface area contributed by atoms with Gasteiger partial charge in [0.2, 0.25) is 0 Å². The first kappa shape index (κ1) is 17.7. The van der Waals surface area contributed by atoms with Crippen molar-refractivity contribution in [2.45, 2.75) is 0 Å². The van der Waals surface area contributed by atoms with E-state index in [2.05, 4.69) is 0 Å². The van der Waals surface area contributed by atoms with E-state index < -0.39 is 27.2 Å². The van der Waals surface area contributed by atoms with Gasteiger partial charge in [-0.3, -0.25) is 0 Å². The normalized spacial score (nSPS) is 10.5. The molecule has 68 valence electrons. The van der Waals surface area contributed by atoms with Gasteiger partial charge in [0.15, 0.2) is 0 Å². The molecule has 0 rings (SSSR count). The van der Waals surface area contributed by atoms with Crippen LogP contribution < -0.4 is 16.6 Å². The van der Waals surface area contributed by atoms with Gasteiger partial charge in [-0.25, -0.2) is 0 Å². The van der Waals surface area contributed by atoms with Gasteiger partial charge < -0.3 is 0 Å². The predicted octanol–water partition coefficient (Wildman–Crippen LogP) is -5.24. The van der Waals surface area contributed by atoms with Crippen molar-refractivity contribution in [1.82, 2.24) is 0 Å². The number of hydrogen-bond acceptors (Lipinski definition) is 8. The van der Waals surface area contributed by atoms with Gasteiger partial charge in [0.05, 0.1) is 0 Å². The van der Waals surface area contributed by atoms with Gasteiger partial charge >= 0.3 is 78.6 Å². The fourth-order valence-corrected chi connectivity index (χ4v) is 0. The zero-order valence-corrected chi connectivity index (χ0v) is 8.72. The smallest absolute Gasteiger partial charge is 4.00 e. The van der Waals surface area contributed by atoms with Crippen LogP contribution >= 0.6 is 0 Å². The Morgan fingerprint density at radius 2 is 0.636 bits per heavy atom. The van der Waals surface area contributed by atoms with E-state index in [9.17, 15) is 0 Å². The van der Waals surface area contributed by atoms with Gasteiger partial charge in [-0.05, 0) is 0 Å². The van der Waals surface area contributed by atoms with Gasteiger partial charge in [-0.2, -0.15) is 0 Å². The summed E-state index contributed by atoms with van der Waals surface area (Å²) in [4.78, 5) is 0. The van der Waals surface area contributed by atoms with Crippen molar-refractivity contribution >= 4 is 0 Å². The molecule has 0 heterocycles. The van der Waals surface area contributed by atoms with Crippen LogP contribution in [0.4, 0.5) is 0 Å². The Balaban J connectivity index is -0.000000107. The SMILES string of the molecule is [O]=[Cr](=[O])([O-])[O-].[O]=[Cr](=[O])([O-])[O-].[Ru+4]. The van der Waals surface area contributed by atoms with E-state index in [1.807, 2.05) is 0 Å². The maximum atomic E-state index is 8.59. The largest absolute Gasteiger partial charge is 4.00 e. The molecule has 0 bridgehead atoms. The minimum absolute atomic E-state index is 0. The Bertz CT molecular complexity index is 208. The molecule has 0 amide bonds. The molecule has 0 saturated heterocycles. The predicted molar refractivity (Wildman–Crippen MR) is 2.75 cm³/mol. The Hall–Kier alpha value is 0.728. The Labute approximate surface area is 78.4 Å². The van der Waals surface area contributed by atoms with Crippen LogP contribution in [0.25, 0.3) is 0 Å². The van der Waals surface area contributed by atoms with Gasteiger partial charge in [0.25, 0.3) is 0 Å². The summed E-state index contributed by atoms with van der Waals surface area (Å²) >= 11 is -11.5. The Morgan fingerprint density at radius 3 is 0.636 bits per heavy atom. The van der Waals surface area contributed by atoms with Gasteiger partial charge in [0.1, 0.15) is 0 Å². The van der Waals surface area contributed by atoms with E-state index in [-0.39, 0.29) is 19.5 Å². The zero-order chi connectivity index (χ0) is 9.00. The summed E-state index contributed by atoms with van der Waals surface area (Å²) in [7, 11) is 0. The van der Waals surface area contributed by atoms with Crippen LogP contribution in [0.3, 0.4) is 0 Å². The third-order valence-electron chi connectivity index (χ3n) is 0. The van der Waals surface area contributed by atoms with Crippen LogP contribution in [0, 0.1) is 0 Å². The summed E-state index contributed by atoms with van der Waals surface area (Å²) in [5, 5.41) is 0. The summed E-state index contributed by atoms with van der Waals surface area (Å²) < 4.78 is 68.8. The van der Waals surface area contributed by atoms with Crippen LogP contribution in [0.2, 0.25) is 0 Å². The summed E-state index contributed by atoms with van der Waals surface area (Å²) in [5.41, 5.74) is 0. The molecule has 0 unspecified atom stereocenters. The molecule has 11 heteroatoms. The first-order chi connectivity index (χ1) is 4.00. The van der Waals surface area contributed by atoms with Crippen molar-refractivity contribution in [3.63, 3.8) is 0 Å². The van der Waals surface area contributed by atoms with Crippen LogP contribution in [-0.2, 0) is 61.9 Å². The van der Waals surface area contributed by atoms with Crippen molar-refractivity contribution < 1.29 is 78.6 Å². The minimum Gasteiger partial charge on any atom is 4.00 e. The molecule has 0 aromatic heterocycles. The molecule has 0 radical (unpaired) electrons. The van der Waals surface area contributed by atoms with E-state index in [1.54, 1.807) is 0 Å². The first-order valence-corrected chi connectivity index (χ1v) is 5.50. The standard InChI is InChI=1S/2Cr.8O.Ru/q;;;;;;4*-1;+4.